The molecule has 0 spiro atoms. The number of likely N-dealkylation sites (tertiary alicyclic amines) is 1. The minimum Gasteiger partial charge on any atom is -0.351 e. The van der Waals surface area contributed by atoms with Crippen LogP contribution in [0.1, 0.15) is 22.8 Å². The lowest BCUT2D eigenvalue weighted by Gasteiger charge is -2.19. The van der Waals surface area contributed by atoms with Gasteiger partial charge in [0.05, 0.1) is 11.0 Å². The minimum atomic E-state index is -0.437. The third-order valence-electron chi connectivity index (χ3n) is 4.52. The van der Waals surface area contributed by atoms with Crippen LogP contribution >= 0.6 is 23.4 Å². The summed E-state index contributed by atoms with van der Waals surface area (Å²) in [5.41, 5.74) is 7.53. The highest BCUT2D eigenvalue weighted by atomic mass is 35.5. The third-order valence-corrected chi connectivity index (χ3v) is 6.08. The summed E-state index contributed by atoms with van der Waals surface area (Å²) < 4.78 is 0. The fourth-order valence-electron chi connectivity index (χ4n) is 3.16. The maximum Gasteiger partial charge on any atom is 0.314 e. The van der Waals surface area contributed by atoms with Gasteiger partial charge in [-0.3, -0.25) is 4.79 Å². The number of urea groups is 1. The molecule has 27 heavy (non-hydrogen) atoms. The van der Waals surface area contributed by atoms with E-state index >= 15 is 0 Å². The van der Waals surface area contributed by atoms with Crippen LogP contribution in [0, 0.1) is 0 Å². The van der Waals surface area contributed by atoms with Crippen LogP contribution in [-0.2, 0) is 4.79 Å². The van der Waals surface area contributed by atoms with Crippen molar-refractivity contribution in [2.24, 2.45) is 5.73 Å². The van der Waals surface area contributed by atoms with Gasteiger partial charge in [-0.15, -0.1) is 11.8 Å². The van der Waals surface area contributed by atoms with Crippen LogP contribution < -0.4 is 11.1 Å². The Balaban J connectivity index is 1.62. The number of nitrogens with zero attached hydrogens (tertiary/aromatic N) is 1. The van der Waals surface area contributed by atoms with Gasteiger partial charge < -0.3 is 16.0 Å². The van der Waals surface area contributed by atoms with Crippen molar-refractivity contribution in [3.05, 3.63) is 70.7 Å². The van der Waals surface area contributed by atoms with Gasteiger partial charge in [0, 0.05) is 24.2 Å². The van der Waals surface area contributed by atoms with Crippen molar-refractivity contribution in [3.8, 4) is 0 Å². The van der Waals surface area contributed by atoms with Crippen molar-refractivity contribution in [3.63, 3.8) is 0 Å². The Morgan fingerprint density at radius 1 is 1.15 bits per heavy atom. The largest absolute Gasteiger partial charge is 0.351 e. The Kier molecular flexibility index (Phi) is 6.63. The van der Waals surface area contributed by atoms with Crippen molar-refractivity contribution >= 4 is 35.3 Å². The van der Waals surface area contributed by atoms with E-state index in [9.17, 15) is 9.59 Å². The number of hydrogen-bond acceptors (Lipinski definition) is 3. The Labute approximate surface area is 168 Å². The number of carbonyl (C=O) groups is 2. The van der Waals surface area contributed by atoms with Crippen LogP contribution in [0.4, 0.5) is 4.79 Å². The predicted molar refractivity (Wildman–Crippen MR) is 110 cm³/mol. The SMILES string of the molecule is NC(=O)N1CC[C@H](NC(=O)CS[C@H](c2ccccc2)c2ccc(Cl)cc2)C1. The molecule has 3 rings (SSSR count). The number of hydrogen-bond donors (Lipinski definition) is 2. The van der Waals surface area contributed by atoms with Crippen LogP contribution in [0.5, 0.6) is 0 Å². The van der Waals surface area contributed by atoms with Crippen molar-refractivity contribution in [1.82, 2.24) is 10.2 Å². The molecule has 0 unspecified atom stereocenters. The lowest BCUT2D eigenvalue weighted by Crippen LogP contribution is -2.40. The number of nitrogens with one attached hydrogen (secondary N) is 1. The Bertz CT molecular complexity index is 786. The maximum atomic E-state index is 12.4. The van der Waals surface area contributed by atoms with Crippen molar-refractivity contribution in [2.75, 3.05) is 18.8 Å². The monoisotopic (exact) mass is 403 g/mol. The van der Waals surface area contributed by atoms with Crippen LogP contribution in [0.3, 0.4) is 0 Å². The summed E-state index contributed by atoms with van der Waals surface area (Å²) in [5.74, 6) is 0.293. The Morgan fingerprint density at radius 3 is 2.44 bits per heavy atom. The molecule has 3 amide bonds. The molecule has 5 nitrogen and oxygen atoms in total. The number of halogens is 1. The molecule has 1 aliphatic rings. The van der Waals surface area contributed by atoms with Crippen molar-refractivity contribution < 1.29 is 9.59 Å². The Morgan fingerprint density at radius 2 is 1.81 bits per heavy atom. The number of primary amides is 1. The van der Waals surface area contributed by atoms with E-state index in [4.69, 9.17) is 17.3 Å². The lowest BCUT2D eigenvalue weighted by molar-refractivity contribution is -0.119. The molecular weight excluding hydrogens is 382 g/mol. The van der Waals surface area contributed by atoms with Gasteiger partial charge in [0.2, 0.25) is 5.91 Å². The van der Waals surface area contributed by atoms with Crippen LogP contribution in [0.2, 0.25) is 5.02 Å². The van der Waals surface area contributed by atoms with E-state index in [0.29, 0.717) is 23.9 Å². The maximum absolute atomic E-state index is 12.4. The van der Waals surface area contributed by atoms with Crippen LogP contribution in [0.25, 0.3) is 0 Å². The molecule has 142 valence electrons. The summed E-state index contributed by atoms with van der Waals surface area (Å²) in [7, 11) is 0. The molecule has 7 heteroatoms. The number of carbonyl (C=O) groups excluding carboxylic acids is 2. The molecule has 1 heterocycles. The van der Waals surface area contributed by atoms with E-state index in [0.717, 1.165) is 17.5 Å². The van der Waals surface area contributed by atoms with E-state index in [1.165, 1.54) is 0 Å². The summed E-state index contributed by atoms with van der Waals surface area (Å²) in [6.45, 7) is 1.07. The fraction of sp³-hybridized carbons (Fsp3) is 0.300. The average Bonchev–Trinajstić information content (AvgIpc) is 3.13. The number of rotatable bonds is 6. The van der Waals surface area contributed by atoms with Gasteiger partial charge >= 0.3 is 6.03 Å². The van der Waals surface area contributed by atoms with E-state index in [1.807, 2.05) is 42.5 Å². The normalized spacial score (nSPS) is 17.5. The van der Waals surface area contributed by atoms with Gasteiger partial charge in [-0.05, 0) is 29.7 Å². The average molecular weight is 404 g/mol. The van der Waals surface area contributed by atoms with Gasteiger partial charge in [0.15, 0.2) is 0 Å². The summed E-state index contributed by atoms with van der Waals surface area (Å²) >= 11 is 7.58. The molecule has 1 fully saturated rings. The molecule has 1 saturated heterocycles. The highest BCUT2D eigenvalue weighted by Crippen LogP contribution is 2.35. The molecule has 0 aromatic heterocycles. The minimum absolute atomic E-state index is 0.0312. The quantitative estimate of drug-likeness (QED) is 0.775. The first kappa shape index (κ1) is 19.6. The molecule has 1 aliphatic heterocycles. The zero-order valence-corrected chi connectivity index (χ0v) is 16.4. The number of thioether (sulfide) groups is 1. The van der Waals surface area contributed by atoms with Crippen LogP contribution in [-0.4, -0.2) is 41.7 Å². The lowest BCUT2D eigenvalue weighted by atomic mass is 10.0. The molecule has 0 bridgehead atoms. The number of benzene rings is 2. The smallest absolute Gasteiger partial charge is 0.314 e. The number of amides is 3. The van der Waals surface area contributed by atoms with Gasteiger partial charge in [-0.25, -0.2) is 4.79 Å². The molecule has 2 aromatic carbocycles. The first-order chi connectivity index (χ1) is 13.0. The second-order valence-electron chi connectivity index (χ2n) is 6.49. The summed E-state index contributed by atoms with van der Waals surface area (Å²) in [6, 6.07) is 17.3. The molecule has 0 radical (unpaired) electrons. The predicted octanol–water partition coefficient (Wildman–Crippen LogP) is 3.43. The van der Waals surface area contributed by atoms with Crippen LogP contribution in [0.15, 0.2) is 54.6 Å². The first-order valence-corrected chi connectivity index (χ1v) is 10.2. The van der Waals surface area contributed by atoms with Gasteiger partial charge in [-0.1, -0.05) is 54.1 Å². The summed E-state index contributed by atoms with van der Waals surface area (Å²) in [6.07, 6.45) is 0.735. The molecular formula is C20H22ClN3O2S. The van der Waals surface area contributed by atoms with Gasteiger partial charge in [0.1, 0.15) is 0 Å². The van der Waals surface area contributed by atoms with E-state index in [-0.39, 0.29) is 17.2 Å². The number of nitrogens with two attached hydrogens (primary N) is 1. The highest BCUT2D eigenvalue weighted by molar-refractivity contribution is 8.00. The van der Waals surface area contributed by atoms with Gasteiger partial charge in [0.25, 0.3) is 0 Å². The molecule has 2 aromatic rings. The second-order valence-corrected chi connectivity index (χ2v) is 8.02. The standard InChI is InChI=1S/C20H22ClN3O2S/c21-16-8-6-15(7-9-16)19(14-4-2-1-3-5-14)27-13-18(25)23-17-10-11-24(12-17)20(22)26/h1-9,17,19H,10-13H2,(H2,22,26)(H,23,25)/t17-,19+/m0/s1. The first-order valence-electron chi connectivity index (χ1n) is 8.78. The summed E-state index contributed by atoms with van der Waals surface area (Å²) in [5, 5.41) is 3.73. The Hall–Kier alpha value is -2.18. The van der Waals surface area contributed by atoms with Gasteiger partial charge in [-0.2, -0.15) is 0 Å². The molecule has 2 atom stereocenters. The van der Waals surface area contributed by atoms with Crippen molar-refractivity contribution in [2.45, 2.75) is 17.7 Å². The molecule has 3 N–H and O–H groups in total. The zero-order valence-electron chi connectivity index (χ0n) is 14.8. The third kappa shape index (κ3) is 5.40. The topological polar surface area (TPSA) is 75.4 Å². The van der Waals surface area contributed by atoms with E-state index in [1.54, 1.807) is 16.7 Å². The van der Waals surface area contributed by atoms with Crippen molar-refractivity contribution in [1.29, 1.82) is 0 Å². The second kappa shape index (κ2) is 9.15. The zero-order chi connectivity index (χ0) is 19.2. The highest BCUT2D eigenvalue weighted by Gasteiger charge is 2.26. The van der Waals surface area contributed by atoms with E-state index < -0.39 is 6.03 Å². The molecule has 0 saturated carbocycles. The summed E-state index contributed by atoms with van der Waals surface area (Å²) in [4.78, 5) is 25.2. The fourth-order valence-corrected chi connectivity index (χ4v) is 4.38. The van der Waals surface area contributed by atoms with E-state index in [2.05, 4.69) is 17.4 Å². The molecule has 0 aliphatic carbocycles.